The van der Waals surface area contributed by atoms with Crippen LogP contribution in [-0.2, 0) is 4.79 Å². The number of carbonyl (C=O) groups excluding carboxylic acids is 1. The van der Waals surface area contributed by atoms with Gasteiger partial charge in [0.15, 0.2) is 6.04 Å². The zero-order valence-corrected chi connectivity index (χ0v) is 17.6. The summed E-state index contributed by atoms with van der Waals surface area (Å²) in [4.78, 5) is 34.1. The summed E-state index contributed by atoms with van der Waals surface area (Å²) in [6, 6.07) is 11.6. The predicted molar refractivity (Wildman–Crippen MR) is 116 cm³/mol. The number of anilines is 1. The van der Waals surface area contributed by atoms with E-state index in [1.54, 1.807) is 26.0 Å². The van der Waals surface area contributed by atoms with Gasteiger partial charge in [0.1, 0.15) is 11.5 Å². The van der Waals surface area contributed by atoms with Gasteiger partial charge in [0.25, 0.3) is 11.6 Å². The molecule has 2 aromatic carbocycles. The number of nitro benzene ring substituents is 1. The summed E-state index contributed by atoms with van der Waals surface area (Å²) in [6.07, 6.45) is 0.299. The third-order valence-electron chi connectivity index (χ3n) is 4.77. The van der Waals surface area contributed by atoms with Gasteiger partial charge in [0, 0.05) is 12.1 Å². The molecule has 3 aromatic rings. The van der Waals surface area contributed by atoms with Gasteiger partial charge in [-0.15, -0.1) is 0 Å². The van der Waals surface area contributed by atoms with Crippen molar-refractivity contribution in [1.82, 2.24) is 9.78 Å². The molecule has 32 heavy (non-hydrogen) atoms. The first-order valence-corrected chi connectivity index (χ1v) is 9.74. The number of hydrogen-bond donors (Lipinski definition) is 1. The van der Waals surface area contributed by atoms with E-state index in [9.17, 15) is 25.0 Å². The molecule has 0 bridgehead atoms. The van der Waals surface area contributed by atoms with Crippen LogP contribution in [0.25, 0.3) is 0 Å². The van der Waals surface area contributed by atoms with Gasteiger partial charge < -0.3 is 20.2 Å². The molecule has 0 aliphatic heterocycles. The molecule has 0 spiro atoms. The lowest BCUT2D eigenvalue weighted by atomic mass is 10.2. The van der Waals surface area contributed by atoms with Crippen molar-refractivity contribution in [2.75, 3.05) is 5.32 Å². The Labute approximate surface area is 182 Å². The normalized spacial score (nSPS) is 11.6. The van der Waals surface area contributed by atoms with Gasteiger partial charge in [-0.3, -0.25) is 14.9 Å². The maximum atomic E-state index is 12.9. The number of benzene rings is 2. The van der Waals surface area contributed by atoms with E-state index in [0.717, 1.165) is 5.56 Å². The highest BCUT2D eigenvalue weighted by Gasteiger charge is 2.27. The van der Waals surface area contributed by atoms with Gasteiger partial charge in [-0.05, 0) is 36.8 Å². The predicted octanol–water partition coefficient (Wildman–Crippen LogP) is 4.70. The van der Waals surface area contributed by atoms with Crippen molar-refractivity contribution in [1.29, 1.82) is 0 Å². The van der Waals surface area contributed by atoms with E-state index in [1.165, 1.54) is 28.9 Å². The topological polar surface area (TPSA) is 142 Å². The van der Waals surface area contributed by atoms with E-state index in [4.69, 9.17) is 4.74 Å². The van der Waals surface area contributed by atoms with Gasteiger partial charge >= 0.3 is 5.82 Å². The Balaban J connectivity index is 1.90. The van der Waals surface area contributed by atoms with Gasteiger partial charge in [-0.25, -0.2) is 0 Å². The Kier molecular flexibility index (Phi) is 6.47. The van der Waals surface area contributed by atoms with Crippen molar-refractivity contribution in [3.8, 4) is 11.5 Å². The second-order valence-electron chi connectivity index (χ2n) is 7.10. The second-order valence-corrected chi connectivity index (χ2v) is 7.10. The molecule has 1 N–H and O–H groups in total. The number of rotatable bonds is 8. The fourth-order valence-electron chi connectivity index (χ4n) is 3.19. The summed E-state index contributed by atoms with van der Waals surface area (Å²) in [5.74, 6) is -0.173. The van der Waals surface area contributed by atoms with E-state index in [0.29, 0.717) is 17.9 Å². The molecular formula is C21H21N5O6. The number of para-hydroxylation sites is 1. The molecule has 1 heterocycles. The van der Waals surface area contributed by atoms with Crippen molar-refractivity contribution in [3.05, 3.63) is 80.0 Å². The molecule has 0 saturated heterocycles. The molecule has 1 amide bonds. The van der Waals surface area contributed by atoms with E-state index in [-0.39, 0.29) is 22.9 Å². The number of aryl methyl sites for hydroxylation is 2. The fraction of sp³-hybridized carbons (Fsp3) is 0.238. The van der Waals surface area contributed by atoms with Gasteiger partial charge in [0.05, 0.1) is 33.5 Å². The number of ether oxygens (including phenoxy) is 1. The minimum atomic E-state index is -0.844. The largest absolute Gasteiger partial charge is 0.457 e. The standard InChI is InChI=1S/C21H21N5O6/c1-4-18(24-14(3)9-20(23-24)26(30)31)21(27)22-15-10-16(25(28)29)12-17(11-15)32-19-8-6-5-7-13(19)2/h5-12,18H,4H2,1-3H3,(H,22,27). The van der Waals surface area contributed by atoms with Crippen LogP contribution in [0, 0.1) is 34.1 Å². The summed E-state index contributed by atoms with van der Waals surface area (Å²) >= 11 is 0. The number of carbonyl (C=O) groups is 1. The number of amides is 1. The third kappa shape index (κ3) is 4.89. The monoisotopic (exact) mass is 439 g/mol. The van der Waals surface area contributed by atoms with E-state index < -0.39 is 21.8 Å². The fourth-order valence-corrected chi connectivity index (χ4v) is 3.19. The highest BCUT2D eigenvalue weighted by atomic mass is 16.6. The average Bonchev–Trinajstić information content (AvgIpc) is 3.12. The van der Waals surface area contributed by atoms with Crippen LogP contribution < -0.4 is 10.1 Å². The first-order valence-electron chi connectivity index (χ1n) is 9.74. The summed E-state index contributed by atoms with van der Waals surface area (Å²) in [7, 11) is 0. The zero-order valence-electron chi connectivity index (χ0n) is 17.6. The third-order valence-corrected chi connectivity index (χ3v) is 4.77. The molecule has 3 rings (SSSR count). The van der Waals surface area contributed by atoms with Gasteiger partial charge in [-0.2, -0.15) is 4.68 Å². The lowest BCUT2D eigenvalue weighted by Crippen LogP contribution is -2.27. The maximum absolute atomic E-state index is 12.9. The number of aromatic nitrogens is 2. The van der Waals surface area contributed by atoms with Crippen molar-refractivity contribution in [3.63, 3.8) is 0 Å². The second kappa shape index (κ2) is 9.25. The molecule has 1 atom stereocenters. The quantitative estimate of drug-likeness (QED) is 0.396. The first kappa shape index (κ1) is 22.4. The van der Waals surface area contributed by atoms with Crippen molar-refractivity contribution in [2.24, 2.45) is 0 Å². The molecule has 0 saturated carbocycles. The molecule has 0 aliphatic rings. The molecule has 11 nitrogen and oxygen atoms in total. The SMILES string of the molecule is CCC(C(=O)Nc1cc(Oc2ccccc2C)cc([N+](=O)[O-])c1)n1nc([N+](=O)[O-])cc1C. The summed E-state index contributed by atoms with van der Waals surface area (Å²) in [5, 5.41) is 28.9. The Morgan fingerprint density at radius 3 is 2.44 bits per heavy atom. The smallest absolute Gasteiger partial charge is 0.390 e. The van der Waals surface area contributed by atoms with E-state index in [2.05, 4.69) is 10.4 Å². The van der Waals surface area contributed by atoms with Crippen molar-refractivity contribution < 1.29 is 19.4 Å². The highest BCUT2D eigenvalue weighted by Crippen LogP contribution is 2.31. The van der Waals surface area contributed by atoms with Crippen LogP contribution in [-0.4, -0.2) is 25.5 Å². The summed E-state index contributed by atoms with van der Waals surface area (Å²) < 4.78 is 7.07. The summed E-state index contributed by atoms with van der Waals surface area (Å²) in [6.45, 7) is 5.18. The Hall–Kier alpha value is -4.28. The van der Waals surface area contributed by atoms with Gasteiger partial charge in [-0.1, -0.05) is 25.1 Å². The van der Waals surface area contributed by atoms with Crippen LogP contribution in [0.3, 0.4) is 0 Å². The van der Waals surface area contributed by atoms with Crippen LogP contribution in [0.2, 0.25) is 0 Å². The van der Waals surface area contributed by atoms with E-state index in [1.807, 2.05) is 19.1 Å². The number of non-ortho nitro benzene ring substituents is 1. The summed E-state index contributed by atoms with van der Waals surface area (Å²) in [5.41, 5.74) is 1.18. The maximum Gasteiger partial charge on any atom is 0.390 e. The minimum absolute atomic E-state index is 0.158. The average molecular weight is 439 g/mol. The highest BCUT2D eigenvalue weighted by molar-refractivity contribution is 5.94. The number of nitrogens with one attached hydrogen (secondary N) is 1. The molecule has 11 heteroatoms. The van der Waals surface area contributed by atoms with Crippen LogP contribution in [0.4, 0.5) is 17.2 Å². The van der Waals surface area contributed by atoms with Crippen LogP contribution in [0.5, 0.6) is 11.5 Å². The first-order chi connectivity index (χ1) is 15.2. The number of hydrogen-bond acceptors (Lipinski definition) is 7. The Morgan fingerprint density at radius 1 is 1.12 bits per heavy atom. The lowest BCUT2D eigenvalue weighted by molar-refractivity contribution is -0.389. The van der Waals surface area contributed by atoms with E-state index >= 15 is 0 Å². The molecule has 166 valence electrons. The molecule has 0 fully saturated rings. The molecule has 1 aromatic heterocycles. The zero-order chi connectivity index (χ0) is 23.4. The Bertz CT molecular complexity index is 1190. The van der Waals surface area contributed by atoms with Crippen LogP contribution in [0.1, 0.15) is 30.6 Å². The van der Waals surface area contributed by atoms with Crippen LogP contribution >= 0.6 is 0 Å². The Morgan fingerprint density at radius 2 is 1.84 bits per heavy atom. The molecule has 0 aliphatic carbocycles. The number of nitro groups is 2. The minimum Gasteiger partial charge on any atom is -0.457 e. The van der Waals surface area contributed by atoms with Crippen molar-refractivity contribution in [2.45, 2.75) is 33.2 Å². The lowest BCUT2D eigenvalue weighted by Gasteiger charge is -2.15. The van der Waals surface area contributed by atoms with Crippen LogP contribution in [0.15, 0.2) is 48.5 Å². The molecular weight excluding hydrogens is 418 g/mol. The van der Waals surface area contributed by atoms with Crippen molar-refractivity contribution >= 4 is 23.1 Å². The number of nitrogens with zero attached hydrogens (tertiary/aromatic N) is 4. The molecule has 0 radical (unpaired) electrons. The van der Waals surface area contributed by atoms with Gasteiger partial charge in [0.2, 0.25) is 0 Å². The molecule has 1 unspecified atom stereocenters.